The topological polar surface area (TPSA) is 66.6 Å². The van der Waals surface area contributed by atoms with Crippen molar-refractivity contribution in [3.63, 3.8) is 0 Å². The number of nitrogens with zero attached hydrogens (tertiary/aromatic N) is 1. The summed E-state index contributed by atoms with van der Waals surface area (Å²) in [5.74, 6) is -0.187. The molecule has 1 aliphatic heterocycles. The standard InChI is InChI=1S/C11H19F3N2O2/c1-8(6-15)2-3-9(17)16-5-4-10(18,7-16)11(12,13)14/h8,18H,2-7,15H2,1H3. The molecule has 3 N–H and O–H groups in total. The number of nitrogens with two attached hydrogens (primary N) is 1. The molecule has 0 radical (unpaired) electrons. The summed E-state index contributed by atoms with van der Waals surface area (Å²) in [6, 6.07) is 0. The second kappa shape index (κ2) is 5.44. The van der Waals surface area contributed by atoms with E-state index in [1.807, 2.05) is 6.92 Å². The molecular formula is C11H19F3N2O2. The second-order valence-corrected chi connectivity index (χ2v) is 4.97. The Bertz CT molecular complexity index is 309. The first-order valence-corrected chi connectivity index (χ1v) is 5.96. The molecule has 0 saturated carbocycles. The van der Waals surface area contributed by atoms with Gasteiger partial charge in [0.25, 0.3) is 0 Å². The average Bonchev–Trinajstić information content (AvgIpc) is 2.69. The first kappa shape index (κ1) is 15.2. The number of halogens is 3. The number of carbonyl (C=O) groups excluding carboxylic acids is 1. The maximum atomic E-state index is 12.5. The van der Waals surface area contributed by atoms with Gasteiger partial charge in [0.2, 0.25) is 5.91 Å². The van der Waals surface area contributed by atoms with Crippen molar-refractivity contribution in [3.05, 3.63) is 0 Å². The predicted molar refractivity (Wildman–Crippen MR) is 59.7 cm³/mol. The molecule has 0 aromatic heterocycles. The van der Waals surface area contributed by atoms with E-state index in [1.165, 1.54) is 0 Å². The number of hydrogen-bond donors (Lipinski definition) is 2. The number of likely N-dealkylation sites (tertiary alicyclic amines) is 1. The van der Waals surface area contributed by atoms with Crippen molar-refractivity contribution in [1.29, 1.82) is 0 Å². The van der Waals surface area contributed by atoms with Crippen LogP contribution >= 0.6 is 0 Å². The first-order chi connectivity index (χ1) is 8.19. The highest BCUT2D eigenvalue weighted by Crippen LogP contribution is 2.37. The third-order valence-electron chi connectivity index (χ3n) is 3.38. The van der Waals surface area contributed by atoms with Crippen molar-refractivity contribution in [3.8, 4) is 0 Å². The largest absolute Gasteiger partial charge is 0.419 e. The summed E-state index contributed by atoms with van der Waals surface area (Å²) in [6.07, 6.45) is -4.41. The zero-order valence-electron chi connectivity index (χ0n) is 10.3. The molecule has 2 atom stereocenters. The fourth-order valence-electron chi connectivity index (χ4n) is 1.88. The van der Waals surface area contributed by atoms with Crippen LogP contribution in [-0.4, -0.2) is 47.3 Å². The maximum Gasteiger partial charge on any atom is 0.419 e. The minimum Gasteiger partial charge on any atom is -0.379 e. The van der Waals surface area contributed by atoms with E-state index in [2.05, 4.69) is 0 Å². The van der Waals surface area contributed by atoms with E-state index in [1.54, 1.807) is 0 Å². The van der Waals surface area contributed by atoms with Crippen LogP contribution in [0.2, 0.25) is 0 Å². The lowest BCUT2D eigenvalue weighted by molar-refractivity contribution is -0.253. The molecule has 0 bridgehead atoms. The molecule has 7 heteroatoms. The van der Waals surface area contributed by atoms with Gasteiger partial charge in [0, 0.05) is 19.4 Å². The summed E-state index contributed by atoms with van der Waals surface area (Å²) >= 11 is 0. The van der Waals surface area contributed by atoms with Crippen molar-refractivity contribution >= 4 is 5.91 Å². The number of carbonyl (C=O) groups is 1. The quantitative estimate of drug-likeness (QED) is 0.795. The van der Waals surface area contributed by atoms with E-state index in [4.69, 9.17) is 5.73 Å². The number of aliphatic hydroxyl groups is 1. The summed E-state index contributed by atoms with van der Waals surface area (Å²) < 4.78 is 37.6. The Morgan fingerprint density at radius 1 is 1.56 bits per heavy atom. The smallest absolute Gasteiger partial charge is 0.379 e. The third-order valence-corrected chi connectivity index (χ3v) is 3.38. The first-order valence-electron chi connectivity index (χ1n) is 5.96. The summed E-state index contributed by atoms with van der Waals surface area (Å²) in [6.45, 7) is 1.61. The van der Waals surface area contributed by atoms with E-state index < -0.39 is 24.7 Å². The molecule has 2 unspecified atom stereocenters. The molecule has 1 heterocycles. The molecule has 0 aliphatic carbocycles. The Labute approximate surface area is 104 Å². The molecule has 1 aliphatic rings. The van der Waals surface area contributed by atoms with Crippen molar-refractivity contribution in [2.24, 2.45) is 11.7 Å². The highest BCUT2D eigenvalue weighted by molar-refractivity contribution is 5.76. The third kappa shape index (κ3) is 3.35. The second-order valence-electron chi connectivity index (χ2n) is 4.97. The average molecular weight is 268 g/mol. The highest BCUT2D eigenvalue weighted by atomic mass is 19.4. The minimum atomic E-state index is -4.69. The lowest BCUT2D eigenvalue weighted by Crippen LogP contribution is -2.48. The Morgan fingerprint density at radius 3 is 2.61 bits per heavy atom. The van der Waals surface area contributed by atoms with Gasteiger partial charge in [-0.1, -0.05) is 6.92 Å². The van der Waals surface area contributed by atoms with Crippen LogP contribution < -0.4 is 5.73 Å². The SMILES string of the molecule is CC(CN)CCC(=O)N1CCC(O)(C(F)(F)F)C1. The monoisotopic (exact) mass is 268 g/mol. The lowest BCUT2D eigenvalue weighted by atomic mass is 10.0. The van der Waals surface area contributed by atoms with Crippen molar-refractivity contribution in [1.82, 2.24) is 4.90 Å². The van der Waals surface area contributed by atoms with Crippen LogP contribution in [0.3, 0.4) is 0 Å². The molecule has 0 spiro atoms. The van der Waals surface area contributed by atoms with Crippen LogP contribution in [0.25, 0.3) is 0 Å². The molecular weight excluding hydrogens is 249 g/mol. The van der Waals surface area contributed by atoms with Crippen molar-refractivity contribution < 1.29 is 23.1 Å². The Morgan fingerprint density at radius 2 is 2.17 bits per heavy atom. The van der Waals surface area contributed by atoms with Gasteiger partial charge in [0.05, 0.1) is 6.54 Å². The van der Waals surface area contributed by atoms with Gasteiger partial charge in [-0.2, -0.15) is 13.2 Å². The lowest BCUT2D eigenvalue weighted by Gasteiger charge is -2.26. The predicted octanol–water partition coefficient (Wildman–Crippen LogP) is 0.887. The van der Waals surface area contributed by atoms with Crippen LogP contribution in [0.15, 0.2) is 0 Å². The maximum absolute atomic E-state index is 12.5. The molecule has 4 nitrogen and oxygen atoms in total. The van der Waals surface area contributed by atoms with Crippen molar-refractivity contribution in [2.75, 3.05) is 19.6 Å². The van der Waals surface area contributed by atoms with Crippen LogP contribution in [-0.2, 0) is 4.79 Å². The van der Waals surface area contributed by atoms with Crippen LogP contribution in [0.1, 0.15) is 26.2 Å². The molecule has 1 amide bonds. The number of rotatable bonds is 4. The summed E-state index contributed by atoms with van der Waals surface area (Å²) in [5, 5.41) is 9.43. The summed E-state index contributed by atoms with van der Waals surface area (Å²) in [4.78, 5) is 12.8. The van der Waals surface area contributed by atoms with E-state index >= 15 is 0 Å². The molecule has 1 saturated heterocycles. The van der Waals surface area contributed by atoms with Gasteiger partial charge in [-0.05, 0) is 18.9 Å². The van der Waals surface area contributed by atoms with Crippen LogP contribution in [0.4, 0.5) is 13.2 Å². The van der Waals surface area contributed by atoms with Gasteiger partial charge in [-0.15, -0.1) is 0 Å². The molecule has 1 rings (SSSR count). The summed E-state index contributed by atoms with van der Waals surface area (Å²) in [5.41, 5.74) is 2.65. The zero-order valence-corrected chi connectivity index (χ0v) is 10.3. The number of alkyl halides is 3. The molecule has 106 valence electrons. The fraction of sp³-hybridized carbons (Fsp3) is 0.909. The number of β-amino-alcohol motifs (C(OH)–C–C–N with tert-alkyl or cyclic N) is 1. The van der Waals surface area contributed by atoms with Gasteiger partial charge in [-0.3, -0.25) is 4.79 Å². The van der Waals surface area contributed by atoms with Crippen LogP contribution in [0.5, 0.6) is 0 Å². The number of hydrogen-bond acceptors (Lipinski definition) is 3. The Balaban J connectivity index is 2.49. The fourth-order valence-corrected chi connectivity index (χ4v) is 1.88. The Hall–Kier alpha value is -0.820. The number of amides is 1. The van der Waals surface area contributed by atoms with E-state index in [0.29, 0.717) is 13.0 Å². The molecule has 0 aromatic rings. The van der Waals surface area contributed by atoms with E-state index in [-0.39, 0.29) is 24.8 Å². The minimum absolute atomic E-state index is 0.0498. The zero-order chi connectivity index (χ0) is 14.0. The van der Waals surface area contributed by atoms with Gasteiger partial charge < -0.3 is 15.7 Å². The van der Waals surface area contributed by atoms with Gasteiger partial charge in [-0.25, -0.2) is 0 Å². The van der Waals surface area contributed by atoms with Crippen LogP contribution in [0, 0.1) is 5.92 Å². The molecule has 0 aromatic carbocycles. The highest BCUT2D eigenvalue weighted by Gasteiger charge is 2.57. The van der Waals surface area contributed by atoms with Gasteiger partial charge >= 0.3 is 6.18 Å². The van der Waals surface area contributed by atoms with Gasteiger partial charge in [0.1, 0.15) is 0 Å². The van der Waals surface area contributed by atoms with E-state index in [0.717, 1.165) is 4.90 Å². The summed E-state index contributed by atoms with van der Waals surface area (Å²) in [7, 11) is 0. The molecule has 18 heavy (non-hydrogen) atoms. The van der Waals surface area contributed by atoms with Crippen molar-refractivity contribution in [2.45, 2.75) is 38.0 Å². The molecule has 1 fully saturated rings. The van der Waals surface area contributed by atoms with E-state index in [9.17, 15) is 23.1 Å². The van der Waals surface area contributed by atoms with Gasteiger partial charge in [0.15, 0.2) is 5.60 Å². The normalized spacial score (nSPS) is 26.4. The Kier molecular flexibility index (Phi) is 4.61.